The van der Waals surface area contributed by atoms with Gasteiger partial charge in [-0.1, -0.05) is 23.4 Å². The summed E-state index contributed by atoms with van der Waals surface area (Å²) in [5.41, 5.74) is 9.00. The van der Waals surface area contributed by atoms with Crippen molar-refractivity contribution in [3.05, 3.63) is 65.9 Å². The monoisotopic (exact) mass is 475 g/mol. The predicted octanol–water partition coefficient (Wildman–Crippen LogP) is 4.46. The molecule has 0 bridgehead atoms. The first-order valence-electron chi connectivity index (χ1n) is 10.1. The van der Waals surface area contributed by atoms with E-state index in [1.807, 2.05) is 6.07 Å². The van der Waals surface area contributed by atoms with Crippen LogP contribution in [0.2, 0.25) is 0 Å². The van der Waals surface area contributed by atoms with Gasteiger partial charge in [0, 0.05) is 22.9 Å². The molecule has 0 saturated carbocycles. The molecule has 1 aliphatic rings. The molecule has 4 aromatic rings. The van der Waals surface area contributed by atoms with E-state index in [1.165, 1.54) is 6.20 Å². The normalized spacial score (nSPS) is 14.7. The number of rotatable bonds is 4. The maximum atomic E-state index is 11.4. The number of fused-ring (bicyclic) bond motifs is 1. The number of benzene rings is 2. The smallest absolute Gasteiger partial charge is 0.389 e. The van der Waals surface area contributed by atoms with Crippen molar-refractivity contribution in [2.45, 2.75) is 11.3 Å². The van der Waals surface area contributed by atoms with E-state index in [1.54, 1.807) is 42.5 Å². The van der Waals surface area contributed by atoms with E-state index in [0.717, 1.165) is 5.56 Å². The van der Waals surface area contributed by atoms with E-state index in [2.05, 4.69) is 21.2 Å². The molecule has 3 heterocycles. The molecule has 0 fully saturated rings. The number of hydrogen-bond donors (Lipinski definition) is 3. The highest BCUT2D eigenvalue weighted by Crippen LogP contribution is 2.55. The van der Waals surface area contributed by atoms with Gasteiger partial charge in [0.2, 0.25) is 0 Å². The number of aryl methyl sites for hydroxylation is 1. The average molecular weight is 475 g/mol. The molecule has 1 aliphatic heterocycles. The molecule has 10 nitrogen and oxygen atoms in total. The number of carbonyl (C=O) groups is 1. The molecule has 0 radical (unpaired) electrons. The lowest BCUT2D eigenvalue weighted by Crippen LogP contribution is -2.17. The van der Waals surface area contributed by atoms with Gasteiger partial charge >= 0.3 is 6.09 Å². The molecule has 170 valence electrons. The summed E-state index contributed by atoms with van der Waals surface area (Å²) in [4.78, 5) is 20.7. The number of ether oxygens (including phenoxy) is 1. The third kappa shape index (κ3) is 3.97. The Morgan fingerprint density at radius 2 is 1.88 bits per heavy atom. The van der Waals surface area contributed by atoms with E-state index in [9.17, 15) is 13.9 Å². The Bertz CT molecular complexity index is 1460. The molecule has 0 atom stereocenters. The van der Waals surface area contributed by atoms with Crippen molar-refractivity contribution in [1.29, 1.82) is 5.26 Å². The Labute approximate surface area is 195 Å². The van der Waals surface area contributed by atoms with Crippen LogP contribution < -0.4 is 10.5 Å². The number of aromatic nitrogens is 3. The van der Waals surface area contributed by atoms with Crippen molar-refractivity contribution in [3.8, 4) is 45.9 Å². The fourth-order valence-electron chi connectivity index (χ4n) is 3.70. The fraction of sp³-hybridized carbons (Fsp3) is 0.0870. The number of nitriles is 1. The van der Waals surface area contributed by atoms with Crippen LogP contribution in [0.1, 0.15) is 11.1 Å². The third-order valence-corrected chi connectivity index (χ3v) is 7.23. The summed E-state index contributed by atoms with van der Waals surface area (Å²) in [6.45, 7) is 0. The zero-order valence-electron chi connectivity index (χ0n) is 17.5. The van der Waals surface area contributed by atoms with E-state index in [0.29, 0.717) is 45.1 Å². The fourth-order valence-corrected chi connectivity index (χ4v) is 5.29. The first-order valence-corrected chi connectivity index (χ1v) is 11.8. The van der Waals surface area contributed by atoms with Crippen molar-refractivity contribution in [2.75, 3.05) is 5.75 Å². The molecule has 2 aromatic heterocycles. The van der Waals surface area contributed by atoms with Gasteiger partial charge in [-0.15, -0.1) is 0 Å². The largest absolute Gasteiger partial charge is 0.411 e. The van der Waals surface area contributed by atoms with Crippen LogP contribution in [0.3, 0.4) is 0 Å². The summed E-state index contributed by atoms with van der Waals surface area (Å²) < 4.78 is 30.8. The van der Waals surface area contributed by atoms with Crippen LogP contribution in [0.5, 0.6) is 5.88 Å². The highest BCUT2D eigenvalue weighted by Gasteiger charge is 2.27. The number of nitrogens with two attached hydrogens (primary N) is 1. The lowest BCUT2D eigenvalue weighted by molar-refractivity contribution is 0.209. The van der Waals surface area contributed by atoms with Gasteiger partial charge in [-0.3, -0.25) is 9.11 Å². The SMILES string of the molecule is N#Cc1ccc(-c2cc(-c3nc(-c4ccc5c(c4)CCS5(O)O)cnc3OC(N)=O)on2)cc1. The van der Waals surface area contributed by atoms with Crippen molar-refractivity contribution in [3.63, 3.8) is 0 Å². The van der Waals surface area contributed by atoms with Crippen LogP contribution in [-0.2, 0) is 6.42 Å². The maximum absolute atomic E-state index is 11.4. The lowest BCUT2D eigenvalue weighted by atomic mass is 10.1. The molecule has 0 aliphatic carbocycles. The molecule has 4 N–H and O–H groups in total. The third-order valence-electron chi connectivity index (χ3n) is 5.35. The molecule has 11 heteroatoms. The Hall–Kier alpha value is -4.24. The predicted molar refractivity (Wildman–Crippen MR) is 123 cm³/mol. The van der Waals surface area contributed by atoms with Crippen LogP contribution in [-0.4, -0.2) is 36.1 Å². The summed E-state index contributed by atoms with van der Waals surface area (Å²) in [5.74, 6) is 0.346. The zero-order valence-corrected chi connectivity index (χ0v) is 18.3. The van der Waals surface area contributed by atoms with Gasteiger partial charge < -0.3 is 15.0 Å². The summed E-state index contributed by atoms with van der Waals surface area (Å²) >= 11 is 0. The molecule has 34 heavy (non-hydrogen) atoms. The van der Waals surface area contributed by atoms with E-state index in [4.69, 9.17) is 20.3 Å². The van der Waals surface area contributed by atoms with Gasteiger partial charge in [-0.25, -0.2) is 14.8 Å². The Morgan fingerprint density at radius 1 is 1.12 bits per heavy atom. The average Bonchev–Trinajstić information content (AvgIpc) is 3.44. The summed E-state index contributed by atoms with van der Waals surface area (Å²) in [6, 6.07) is 15.7. The quantitative estimate of drug-likeness (QED) is 0.386. The minimum Gasteiger partial charge on any atom is -0.389 e. The summed E-state index contributed by atoms with van der Waals surface area (Å²) in [7, 11) is -2.75. The Kier molecular flexibility index (Phi) is 5.25. The second-order valence-electron chi connectivity index (χ2n) is 7.54. The number of primary amides is 1. The number of carbonyl (C=O) groups excluding carboxylic acids is 1. The molecule has 0 saturated heterocycles. The number of nitrogens with zero attached hydrogens (tertiary/aromatic N) is 4. The van der Waals surface area contributed by atoms with Gasteiger partial charge in [0.1, 0.15) is 5.69 Å². The topological polar surface area (TPSA) is 168 Å². The van der Waals surface area contributed by atoms with Gasteiger partial charge in [-0.05, 0) is 36.2 Å². The van der Waals surface area contributed by atoms with Gasteiger partial charge in [-0.2, -0.15) is 15.9 Å². The van der Waals surface area contributed by atoms with Gasteiger partial charge in [0.25, 0.3) is 5.88 Å². The molecular formula is C23H17N5O5S. The van der Waals surface area contributed by atoms with Crippen LogP contribution in [0.15, 0.2) is 64.1 Å². The van der Waals surface area contributed by atoms with Crippen molar-refractivity contribution in [1.82, 2.24) is 15.1 Å². The molecule has 2 aromatic carbocycles. The van der Waals surface area contributed by atoms with Gasteiger partial charge in [0.05, 0.1) is 28.4 Å². The summed E-state index contributed by atoms with van der Waals surface area (Å²) in [5, 5.41) is 13.0. The zero-order chi connectivity index (χ0) is 23.9. The highest BCUT2D eigenvalue weighted by molar-refractivity contribution is 8.24. The first kappa shape index (κ1) is 21.6. The Morgan fingerprint density at radius 3 is 2.62 bits per heavy atom. The molecular weight excluding hydrogens is 458 g/mol. The molecule has 1 amide bonds. The standard InChI is InChI=1S/C23H17N5O5S/c24-11-13-1-3-14(4-2-13)17-10-19(33-28-17)21-22(32-23(25)29)26-12-18(27-21)15-5-6-20-16(9-15)7-8-34(20,30)31/h1-6,9-10,12,30-31H,7-8H2,(H2,25,29). The van der Waals surface area contributed by atoms with Crippen LogP contribution in [0, 0.1) is 11.3 Å². The molecule has 0 spiro atoms. The van der Waals surface area contributed by atoms with Crippen LogP contribution in [0.4, 0.5) is 4.79 Å². The molecule has 0 unspecified atom stereocenters. The lowest BCUT2D eigenvalue weighted by Gasteiger charge is -2.27. The minimum absolute atomic E-state index is 0.119. The first-order chi connectivity index (χ1) is 16.3. The Balaban J connectivity index is 1.55. The molecule has 5 rings (SSSR count). The van der Waals surface area contributed by atoms with Crippen LogP contribution >= 0.6 is 10.6 Å². The summed E-state index contributed by atoms with van der Waals surface area (Å²) in [6.07, 6.45) is 0.914. The van der Waals surface area contributed by atoms with E-state index >= 15 is 0 Å². The van der Waals surface area contributed by atoms with Crippen molar-refractivity contribution >= 4 is 16.7 Å². The van der Waals surface area contributed by atoms with Crippen molar-refractivity contribution < 1.29 is 23.2 Å². The van der Waals surface area contributed by atoms with E-state index in [-0.39, 0.29) is 17.3 Å². The second-order valence-corrected chi connectivity index (χ2v) is 9.72. The van der Waals surface area contributed by atoms with Gasteiger partial charge in [0.15, 0.2) is 11.5 Å². The van der Waals surface area contributed by atoms with Crippen molar-refractivity contribution in [2.24, 2.45) is 5.73 Å². The van der Waals surface area contributed by atoms with Crippen LogP contribution in [0.25, 0.3) is 34.0 Å². The highest BCUT2D eigenvalue weighted by atomic mass is 32.3. The van der Waals surface area contributed by atoms with E-state index < -0.39 is 16.7 Å². The second kappa shape index (κ2) is 8.27. The minimum atomic E-state index is -2.75. The number of hydrogen-bond acceptors (Lipinski definition) is 9. The number of amides is 1. The maximum Gasteiger partial charge on any atom is 0.411 e.